The van der Waals surface area contributed by atoms with Crippen LogP contribution in [-0.2, 0) is 4.74 Å². The third kappa shape index (κ3) is 1.98. The highest BCUT2D eigenvalue weighted by Crippen LogP contribution is 2.36. The summed E-state index contributed by atoms with van der Waals surface area (Å²) in [6, 6.07) is 6.39. The van der Waals surface area contributed by atoms with Gasteiger partial charge in [0.2, 0.25) is 0 Å². The van der Waals surface area contributed by atoms with Crippen LogP contribution >= 0.6 is 0 Å². The molecule has 1 aromatic rings. The Morgan fingerprint density at radius 3 is 2.90 bits per heavy atom. The van der Waals surface area contributed by atoms with E-state index >= 15 is 0 Å². The van der Waals surface area contributed by atoms with Gasteiger partial charge in [-0.2, -0.15) is 10.3 Å². The number of nitrogens with zero attached hydrogens (tertiary/aromatic N) is 3. The molecule has 0 bridgehead atoms. The highest BCUT2D eigenvalue weighted by atomic mass is 16.5. The molecule has 2 aliphatic rings. The lowest BCUT2D eigenvalue weighted by Gasteiger charge is -2.27. The average molecular weight is 285 g/mol. The van der Waals surface area contributed by atoms with Crippen LogP contribution in [-0.4, -0.2) is 40.8 Å². The van der Waals surface area contributed by atoms with Crippen LogP contribution in [0.2, 0.25) is 0 Å². The van der Waals surface area contributed by atoms with Gasteiger partial charge in [0.15, 0.2) is 0 Å². The van der Waals surface area contributed by atoms with Gasteiger partial charge in [0, 0.05) is 6.54 Å². The molecule has 0 radical (unpaired) electrons. The van der Waals surface area contributed by atoms with Gasteiger partial charge in [-0.1, -0.05) is 0 Å². The largest absolute Gasteiger partial charge is 0.462 e. The molecule has 0 amide bonds. The SMILES string of the molecule is Cc1c(C#N)ccc(/N=C2\OCC3(C)[C@@H](O)CCN23)c1C. The third-order valence-corrected chi connectivity index (χ3v) is 4.78. The number of aliphatic hydroxyl groups excluding tert-OH is 1. The molecule has 3 rings (SSSR count). The fourth-order valence-electron chi connectivity index (χ4n) is 3.02. The van der Waals surface area contributed by atoms with Gasteiger partial charge in [-0.05, 0) is 50.5 Å². The van der Waals surface area contributed by atoms with Crippen molar-refractivity contribution in [3.63, 3.8) is 0 Å². The van der Waals surface area contributed by atoms with E-state index in [1.165, 1.54) is 0 Å². The van der Waals surface area contributed by atoms with E-state index in [2.05, 4.69) is 11.1 Å². The van der Waals surface area contributed by atoms with Gasteiger partial charge in [-0.3, -0.25) is 0 Å². The maximum absolute atomic E-state index is 10.1. The summed E-state index contributed by atoms with van der Waals surface area (Å²) in [7, 11) is 0. The van der Waals surface area contributed by atoms with Crippen LogP contribution in [0.25, 0.3) is 0 Å². The van der Waals surface area contributed by atoms with E-state index in [-0.39, 0.29) is 11.6 Å². The van der Waals surface area contributed by atoms with Gasteiger partial charge in [0.05, 0.1) is 23.4 Å². The van der Waals surface area contributed by atoms with Crippen molar-refractivity contribution < 1.29 is 9.84 Å². The summed E-state index contributed by atoms with van der Waals surface area (Å²) >= 11 is 0. The van der Waals surface area contributed by atoms with Crippen molar-refractivity contribution >= 4 is 11.7 Å². The van der Waals surface area contributed by atoms with Crippen molar-refractivity contribution in [2.24, 2.45) is 4.99 Å². The van der Waals surface area contributed by atoms with E-state index in [0.29, 0.717) is 18.2 Å². The molecule has 2 aliphatic heterocycles. The van der Waals surface area contributed by atoms with Crippen LogP contribution in [0, 0.1) is 25.2 Å². The Labute approximate surface area is 124 Å². The smallest absolute Gasteiger partial charge is 0.293 e. The summed E-state index contributed by atoms with van der Waals surface area (Å²) in [4.78, 5) is 6.66. The lowest BCUT2D eigenvalue weighted by molar-refractivity contribution is 0.0714. The molecule has 1 N–H and O–H groups in total. The fourth-order valence-corrected chi connectivity index (χ4v) is 3.02. The first-order valence-corrected chi connectivity index (χ1v) is 7.15. The summed E-state index contributed by atoms with van der Waals surface area (Å²) in [5, 5.41) is 19.2. The van der Waals surface area contributed by atoms with Crippen molar-refractivity contribution in [3.8, 4) is 6.07 Å². The predicted molar refractivity (Wildman–Crippen MR) is 79.4 cm³/mol. The third-order valence-electron chi connectivity index (χ3n) is 4.78. The number of amidine groups is 1. The molecule has 2 atom stereocenters. The Balaban J connectivity index is 1.98. The molecular formula is C16H19N3O2. The van der Waals surface area contributed by atoms with E-state index in [9.17, 15) is 5.11 Å². The van der Waals surface area contributed by atoms with Crippen LogP contribution in [0.3, 0.4) is 0 Å². The number of hydrogen-bond acceptors (Lipinski definition) is 4. The second-order valence-electron chi connectivity index (χ2n) is 5.99. The molecule has 110 valence electrons. The quantitative estimate of drug-likeness (QED) is 0.857. The Morgan fingerprint density at radius 2 is 2.19 bits per heavy atom. The molecule has 0 spiro atoms. The number of ether oxygens (including phenoxy) is 1. The van der Waals surface area contributed by atoms with E-state index in [0.717, 1.165) is 29.8 Å². The summed E-state index contributed by atoms with van der Waals surface area (Å²) in [5.41, 5.74) is 3.05. The summed E-state index contributed by atoms with van der Waals surface area (Å²) < 4.78 is 5.70. The number of aliphatic hydroxyl groups is 1. The van der Waals surface area contributed by atoms with Crippen LogP contribution in [0.5, 0.6) is 0 Å². The minimum absolute atomic E-state index is 0.367. The molecule has 21 heavy (non-hydrogen) atoms. The molecule has 2 saturated heterocycles. The molecule has 1 aromatic carbocycles. The maximum atomic E-state index is 10.1. The topological polar surface area (TPSA) is 68.8 Å². The zero-order valence-electron chi connectivity index (χ0n) is 12.6. The molecule has 1 unspecified atom stereocenters. The Kier molecular flexibility index (Phi) is 3.14. The lowest BCUT2D eigenvalue weighted by atomic mass is 9.98. The van der Waals surface area contributed by atoms with E-state index in [1.807, 2.05) is 31.7 Å². The second-order valence-corrected chi connectivity index (χ2v) is 5.99. The van der Waals surface area contributed by atoms with Gasteiger partial charge in [-0.15, -0.1) is 0 Å². The highest BCUT2D eigenvalue weighted by molar-refractivity contribution is 5.81. The van der Waals surface area contributed by atoms with Gasteiger partial charge >= 0.3 is 0 Å². The number of benzene rings is 1. The van der Waals surface area contributed by atoms with Gasteiger partial charge in [-0.25, -0.2) is 0 Å². The molecule has 5 nitrogen and oxygen atoms in total. The van der Waals surface area contributed by atoms with Crippen LogP contribution < -0.4 is 0 Å². The van der Waals surface area contributed by atoms with Crippen LogP contribution in [0.1, 0.15) is 30.0 Å². The normalized spacial score (nSPS) is 29.4. The van der Waals surface area contributed by atoms with Crippen molar-refractivity contribution in [3.05, 3.63) is 28.8 Å². The molecule has 5 heteroatoms. The summed E-state index contributed by atoms with van der Waals surface area (Å²) in [6.07, 6.45) is 0.360. The fraction of sp³-hybridized carbons (Fsp3) is 0.500. The van der Waals surface area contributed by atoms with Gasteiger partial charge in [0.25, 0.3) is 6.02 Å². The standard InChI is InChI=1S/C16H19N3O2/c1-10-11(2)13(5-4-12(10)8-17)18-15-19-7-6-14(20)16(19,3)9-21-15/h4-5,14,20H,6-7,9H2,1-3H3/b18-15-/t14-,16?/m0/s1. The molecule has 0 saturated carbocycles. The maximum Gasteiger partial charge on any atom is 0.293 e. The zero-order valence-corrected chi connectivity index (χ0v) is 12.6. The number of nitriles is 1. The Hall–Kier alpha value is -2.06. The Morgan fingerprint density at radius 1 is 1.43 bits per heavy atom. The average Bonchev–Trinajstić information content (AvgIpc) is 2.94. The van der Waals surface area contributed by atoms with E-state index in [4.69, 9.17) is 10.00 Å². The molecule has 2 fully saturated rings. The van der Waals surface area contributed by atoms with Gasteiger partial charge in [0.1, 0.15) is 12.1 Å². The van der Waals surface area contributed by atoms with Gasteiger partial charge < -0.3 is 14.7 Å². The van der Waals surface area contributed by atoms with Crippen LogP contribution in [0.4, 0.5) is 5.69 Å². The molecule has 0 aliphatic carbocycles. The highest BCUT2D eigenvalue weighted by Gasteiger charge is 2.51. The number of rotatable bonds is 1. The Bertz CT molecular complexity index is 662. The monoisotopic (exact) mass is 285 g/mol. The van der Waals surface area contributed by atoms with Crippen molar-refractivity contribution in [2.45, 2.75) is 38.8 Å². The number of aliphatic imine (C=N–C) groups is 1. The first kappa shape index (κ1) is 13.9. The number of hydrogen-bond donors (Lipinski definition) is 1. The molecule has 0 aromatic heterocycles. The second kappa shape index (κ2) is 4.74. The molecule has 2 heterocycles. The minimum Gasteiger partial charge on any atom is -0.462 e. The van der Waals surface area contributed by atoms with E-state index in [1.54, 1.807) is 6.07 Å². The zero-order chi connectivity index (χ0) is 15.2. The summed E-state index contributed by atoms with van der Waals surface area (Å²) in [6.45, 7) is 7.11. The van der Waals surface area contributed by atoms with Crippen molar-refractivity contribution in [1.29, 1.82) is 5.26 Å². The first-order chi connectivity index (χ1) is 9.97. The first-order valence-electron chi connectivity index (χ1n) is 7.15. The summed E-state index contributed by atoms with van der Waals surface area (Å²) in [5.74, 6) is 0. The van der Waals surface area contributed by atoms with Crippen molar-refractivity contribution in [1.82, 2.24) is 4.90 Å². The predicted octanol–water partition coefficient (Wildman–Crippen LogP) is 2.02. The van der Waals surface area contributed by atoms with E-state index < -0.39 is 0 Å². The van der Waals surface area contributed by atoms with Crippen molar-refractivity contribution in [2.75, 3.05) is 13.2 Å². The van der Waals surface area contributed by atoms with Crippen LogP contribution in [0.15, 0.2) is 17.1 Å². The number of fused-ring (bicyclic) bond motifs is 1. The molecular weight excluding hydrogens is 266 g/mol. The minimum atomic E-state index is -0.381. The lowest BCUT2D eigenvalue weighted by Crippen LogP contribution is -2.46.